The highest BCUT2D eigenvalue weighted by atomic mass is 32.2. The lowest BCUT2D eigenvalue weighted by molar-refractivity contribution is -0.125. The van der Waals surface area contributed by atoms with Crippen molar-refractivity contribution >= 4 is 27.3 Å². The van der Waals surface area contributed by atoms with Crippen molar-refractivity contribution in [2.24, 2.45) is 0 Å². The second kappa shape index (κ2) is 8.49. The van der Waals surface area contributed by atoms with Gasteiger partial charge < -0.3 is 5.32 Å². The van der Waals surface area contributed by atoms with Gasteiger partial charge in [-0.15, -0.1) is 11.3 Å². The Balaban J connectivity index is 1.55. The molecule has 2 aromatic carbocycles. The van der Waals surface area contributed by atoms with Crippen LogP contribution in [0.5, 0.6) is 0 Å². The van der Waals surface area contributed by atoms with Crippen LogP contribution in [0.15, 0.2) is 76.3 Å². The van der Waals surface area contributed by atoms with Crippen molar-refractivity contribution in [3.63, 3.8) is 0 Å². The molecule has 1 aliphatic rings. The van der Waals surface area contributed by atoms with Gasteiger partial charge in [-0.3, -0.25) is 4.79 Å². The number of nitrogens with one attached hydrogen (secondary N) is 1. The molecule has 29 heavy (non-hydrogen) atoms. The molecule has 0 spiro atoms. The molecule has 5 nitrogen and oxygen atoms in total. The highest BCUT2D eigenvalue weighted by molar-refractivity contribution is 7.91. The molecular formula is C22H22N2O3S2. The fraction of sp³-hybridized carbons (Fsp3) is 0.227. The molecule has 0 saturated carbocycles. The predicted octanol–water partition coefficient (Wildman–Crippen LogP) is 3.22. The number of carbonyl (C=O) groups is 1. The molecule has 150 valence electrons. The Morgan fingerprint density at radius 2 is 1.72 bits per heavy atom. The Hall–Kier alpha value is -2.48. The van der Waals surface area contributed by atoms with Crippen molar-refractivity contribution in [1.29, 1.82) is 0 Å². The van der Waals surface area contributed by atoms with Crippen LogP contribution in [0.1, 0.15) is 16.7 Å². The first kappa shape index (κ1) is 19.8. The van der Waals surface area contributed by atoms with E-state index in [1.165, 1.54) is 15.6 Å². The molecule has 1 aromatic heterocycles. The lowest BCUT2D eigenvalue weighted by Crippen LogP contribution is -2.52. The standard InChI is InChI=1S/C22H22N2O3S2/c25-22(23-13-12-17-7-2-1-3-8-17)20-15-18-9-4-5-10-19(18)16-24(20)29(26,27)21-11-6-14-28-21/h1-11,14,20H,12-13,15-16H2,(H,23,25)/t20-/m0/s1. The molecule has 1 amide bonds. The summed E-state index contributed by atoms with van der Waals surface area (Å²) in [6, 6.07) is 20.2. The summed E-state index contributed by atoms with van der Waals surface area (Å²) >= 11 is 1.17. The van der Waals surface area contributed by atoms with E-state index >= 15 is 0 Å². The maximum Gasteiger partial charge on any atom is 0.253 e. The number of amides is 1. The highest BCUT2D eigenvalue weighted by Crippen LogP contribution is 2.30. The molecule has 2 heterocycles. The number of thiophene rings is 1. The number of carbonyl (C=O) groups excluding carboxylic acids is 1. The van der Waals surface area contributed by atoms with Crippen molar-refractivity contribution in [2.45, 2.75) is 29.6 Å². The summed E-state index contributed by atoms with van der Waals surface area (Å²) in [5.74, 6) is -0.254. The maximum absolute atomic E-state index is 13.2. The summed E-state index contributed by atoms with van der Waals surface area (Å²) in [6.45, 7) is 0.668. The lowest BCUT2D eigenvalue weighted by Gasteiger charge is -2.34. The Bertz CT molecular complexity index is 1080. The van der Waals surface area contributed by atoms with Gasteiger partial charge in [0.05, 0.1) is 0 Å². The molecule has 1 atom stereocenters. The third-order valence-corrected chi connectivity index (χ3v) is 8.35. The summed E-state index contributed by atoms with van der Waals surface area (Å²) < 4.78 is 28.1. The third-order valence-electron chi connectivity index (χ3n) is 5.12. The van der Waals surface area contributed by atoms with Gasteiger partial charge in [-0.1, -0.05) is 60.7 Å². The van der Waals surface area contributed by atoms with Gasteiger partial charge in [-0.25, -0.2) is 8.42 Å². The summed E-state index contributed by atoms with van der Waals surface area (Å²) in [6.07, 6.45) is 1.07. The van der Waals surface area contributed by atoms with Gasteiger partial charge in [0.1, 0.15) is 10.3 Å². The van der Waals surface area contributed by atoms with Crippen LogP contribution in [0.2, 0.25) is 0 Å². The zero-order valence-corrected chi connectivity index (χ0v) is 17.5. The van der Waals surface area contributed by atoms with Gasteiger partial charge in [-0.05, 0) is 41.0 Å². The minimum atomic E-state index is -3.74. The van der Waals surface area contributed by atoms with Crippen molar-refractivity contribution < 1.29 is 13.2 Å². The van der Waals surface area contributed by atoms with Gasteiger partial charge in [0.25, 0.3) is 10.0 Å². The monoisotopic (exact) mass is 426 g/mol. The molecule has 1 N–H and O–H groups in total. The summed E-state index contributed by atoms with van der Waals surface area (Å²) in [5, 5.41) is 4.67. The molecule has 3 aromatic rings. The quantitative estimate of drug-likeness (QED) is 0.658. The van der Waals surface area contributed by atoms with E-state index in [2.05, 4.69) is 5.32 Å². The molecule has 7 heteroatoms. The average molecular weight is 427 g/mol. The van der Waals surface area contributed by atoms with E-state index < -0.39 is 16.1 Å². The second-order valence-electron chi connectivity index (χ2n) is 7.00. The van der Waals surface area contributed by atoms with E-state index in [1.54, 1.807) is 17.5 Å². The number of nitrogens with zero attached hydrogens (tertiary/aromatic N) is 1. The topological polar surface area (TPSA) is 66.5 Å². The van der Waals surface area contributed by atoms with E-state index in [4.69, 9.17) is 0 Å². The average Bonchev–Trinajstić information content (AvgIpc) is 3.29. The minimum Gasteiger partial charge on any atom is -0.354 e. The fourth-order valence-electron chi connectivity index (χ4n) is 3.59. The van der Waals surface area contributed by atoms with Crippen molar-refractivity contribution in [3.05, 3.63) is 88.8 Å². The molecule has 0 aliphatic carbocycles. The van der Waals surface area contributed by atoms with E-state index in [9.17, 15) is 13.2 Å². The molecule has 0 radical (unpaired) electrons. The van der Waals surface area contributed by atoms with Gasteiger partial charge in [0.2, 0.25) is 5.91 Å². The SMILES string of the molecule is O=C(NCCc1ccccc1)[C@@H]1Cc2ccccc2CN1S(=O)(=O)c1cccs1. The van der Waals surface area contributed by atoms with Crippen molar-refractivity contribution in [3.8, 4) is 0 Å². The number of benzene rings is 2. The van der Waals surface area contributed by atoms with Crippen molar-refractivity contribution in [2.75, 3.05) is 6.54 Å². The predicted molar refractivity (Wildman–Crippen MR) is 114 cm³/mol. The van der Waals surface area contributed by atoms with Crippen molar-refractivity contribution in [1.82, 2.24) is 9.62 Å². The Kier molecular flexibility index (Phi) is 5.80. The van der Waals surface area contributed by atoms with Gasteiger partial charge in [0, 0.05) is 13.1 Å². The molecule has 0 unspecified atom stereocenters. The van der Waals surface area contributed by atoms with Crippen LogP contribution >= 0.6 is 11.3 Å². The van der Waals surface area contributed by atoms with Gasteiger partial charge in [0.15, 0.2) is 0 Å². The van der Waals surface area contributed by atoms with E-state index in [0.717, 1.165) is 16.7 Å². The largest absolute Gasteiger partial charge is 0.354 e. The van der Waals surface area contributed by atoms with E-state index in [1.807, 2.05) is 54.6 Å². The molecule has 0 fully saturated rings. The van der Waals surface area contributed by atoms with Crippen LogP contribution in [-0.4, -0.2) is 31.2 Å². The molecule has 1 aliphatic heterocycles. The first-order valence-corrected chi connectivity index (χ1v) is 11.8. The maximum atomic E-state index is 13.2. The van der Waals surface area contributed by atoms with Crippen LogP contribution in [-0.2, 0) is 34.2 Å². The zero-order valence-electron chi connectivity index (χ0n) is 15.8. The number of fused-ring (bicyclic) bond motifs is 1. The second-order valence-corrected chi connectivity index (χ2v) is 10.1. The van der Waals surface area contributed by atoms with Gasteiger partial charge >= 0.3 is 0 Å². The first-order valence-electron chi connectivity index (χ1n) is 9.49. The van der Waals surface area contributed by atoms with Gasteiger partial charge in [-0.2, -0.15) is 4.31 Å². The molecule has 0 bridgehead atoms. The first-order chi connectivity index (χ1) is 14.1. The summed E-state index contributed by atoms with van der Waals surface area (Å²) in [5.41, 5.74) is 3.10. The van der Waals surface area contributed by atoms with Crippen LogP contribution in [0.3, 0.4) is 0 Å². The minimum absolute atomic E-state index is 0.202. The Labute approximate surface area is 175 Å². The van der Waals surface area contributed by atoms with Crippen LogP contribution in [0, 0.1) is 0 Å². The number of hydrogen-bond donors (Lipinski definition) is 1. The smallest absolute Gasteiger partial charge is 0.253 e. The van der Waals surface area contributed by atoms with E-state index in [-0.39, 0.29) is 16.7 Å². The number of sulfonamides is 1. The molecular weight excluding hydrogens is 404 g/mol. The fourth-order valence-corrected chi connectivity index (χ4v) is 6.28. The van der Waals surface area contributed by atoms with E-state index in [0.29, 0.717) is 19.4 Å². The normalized spacial score (nSPS) is 16.9. The third kappa shape index (κ3) is 4.27. The summed E-state index contributed by atoms with van der Waals surface area (Å²) in [4.78, 5) is 13.0. The van der Waals surface area contributed by atoms with Crippen LogP contribution < -0.4 is 5.32 Å². The highest BCUT2D eigenvalue weighted by Gasteiger charge is 2.39. The Morgan fingerprint density at radius 3 is 2.45 bits per heavy atom. The zero-order chi connectivity index (χ0) is 20.3. The summed E-state index contributed by atoms with van der Waals surface area (Å²) in [7, 11) is -3.74. The molecule has 0 saturated heterocycles. The number of rotatable bonds is 6. The van der Waals surface area contributed by atoms with Crippen LogP contribution in [0.4, 0.5) is 0 Å². The van der Waals surface area contributed by atoms with Crippen LogP contribution in [0.25, 0.3) is 0 Å². The molecule has 4 rings (SSSR count). The lowest BCUT2D eigenvalue weighted by atomic mass is 9.95. The Morgan fingerprint density at radius 1 is 1.00 bits per heavy atom. The number of hydrogen-bond acceptors (Lipinski definition) is 4.